The number of nitrogens with zero attached hydrogens (tertiary/aromatic N) is 4. The summed E-state index contributed by atoms with van der Waals surface area (Å²) in [7, 11) is 0. The van der Waals surface area contributed by atoms with Crippen molar-refractivity contribution in [3.8, 4) is 11.5 Å². The zero-order valence-corrected chi connectivity index (χ0v) is 20.7. The SMILES string of the molecule is CCNC(=NCCc1ncc(C)s1)N1CCN(Cc2ccc3c(c2)OCO3)CC1.I. The second-order valence-electron chi connectivity index (χ2n) is 7.30. The maximum atomic E-state index is 5.50. The summed E-state index contributed by atoms with van der Waals surface area (Å²) in [4.78, 5) is 15.4. The minimum Gasteiger partial charge on any atom is -0.454 e. The van der Waals surface area contributed by atoms with Crippen molar-refractivity contribution in [3.05, 3.63) is 39.8 Å². The summed E-state index contributed by atoms with van der Waals surface area (Å²) in [6, 6.07) is 6.24. The lowest BCUT2D eigenvalue weighted by Gasteiger charge is -2.36. The van der Waals surface area contributed by atoms with E-state index in [-0.39, 0.29) is 24.0 Å². The van der Waals surface area contributed by atoms with Crippen molar-refractivity contribution >= 4 is 41.3 Å². The molecule has 7 nitrogen and oxygen atoms in total. The van der Waals surface area contributed by atoms with E-state index in [1.807, 2.05) is 12.3 Å². The summed E-state index contributed by atoms with van der Waals surface area (Å²) in [5.74, 6) is 2.72. The number of benzene rings is 1. The molecule has 0 amide bonds. The van der Waals surface area contributed by atoms with Crippen molar-refractivity contribution in [3.63, 3.8) is 0 Å². The summed E-state index contributed by atoms with van der Waals surface area (Å²) in [5, 5.41) is 4.61. The van der Waals surface area contributed by atoms with Crippen LogP contribution in [0.3, 0.4) is 0 Å². The monoisotopic (exact) mass is 543 g/mol. The van der Waals surface area contributed by atoms with E-state index in [0.29, 0.717) is 6.79 Å². The lowest BCUT2D eigenvalue weighted by molar-refractivity contribution is 0.171. The van der Waals surface area contributed by atoms with Gasteiger partial charge in [0.1, 0.15) is 0 Å². The molecule has 0 aliphatic carbocycles. The molecule has 1 fully saturated rings. The number of aromatic nitrogens is 1. The first kappa shape index (κ1) is 23.1. The molecule has 3 heterocycles. The summed E-state index contributed by atoms with van der Waals surface area (Å²) < 4.78 is 10.9. The molecule has 1 aromatic heterocycles. The van der Waals surface area contributed by atoms with Gasteiger partial charge in [-0.15, -0.1) is 35.3 Å². The smallest absolute Gasteiger partial charge is 0.231 e. The van der Waals surface area contributed by atoms with Gasteiger partial charge in [-0.3, -0.25) is 9.89 Å². The van der Waals surface area contributed by atoms with Gasteiger partial charge >= 0.3 is 0 Å². The number of fused-ring (bicyclic) bond motifs is 1. The Hall–Kier alpha value is -1.59. The molecule has 1 saturated heterocycles. The van der Waals surface area contributed by atoms with E-state index in [1.165, 1.54) is 10.4 Å². The van der Waals surface area contributed by atoms with Gasteiger partial charge in [0, 0.05) is 63.3 Å². The van der Waals surface area contributed by atoms with E-state index in [4.69, 9.17) is 14.5 Å². The quantitative estimate of drug-likeness (QED) is 0.344. The maximum Gasteiger partial charge on any atom is 0.231 e. The molecule has 2 aromatic rings. The Balaban J connectivity index is 0.00000256. The highest BCUT2D eigenvalue weighted by Crippen LogP contribution is 2.32. The number of piperazine rings is 1. The van der Waals surface area contributed by atoms with Crippen molar-refractivity contribution in [2.75, 3.05) is 46.1 Å². The maximum absolute atomic E-state index is 5.50. The van der Waals surface area contributed by atoms with Gasteiger partial charge in [-0.25, -0.2) is 4.98 Å². The predicted octanol–water partition coefficient (Wildman–Crippen LogP) is 3.12. The topological polar surface area (TPSA) is 62.2 Å². The normalized spacial score (nSPS) is 16.5. The fraction of sp³-hybridized carbons (Fsp3) is 0.524. The Kier molecular flexibility index (Phi) is 8.58. The third-order valence-corrected chi connectivity index (χ3v) is 6.08. The number of rotatable bonds is 6. The van der Waals surface area contributed by atoms with Crippen LogP contribution in [-0.4, -0.2) is 66.8 Å². The van der Waals surface area contributed by atoms with E-state index < -0.39 is 0 Å². The van der Waals surface area contributed by atoms with Crippen LogP contribution in [-0.2, 0) is 13.0 Å². The molecule has 1 aromatic carbocycles. The molecule has 0 saturated carbocycles. The predicted molar refractivity (Wildman–Crippen MR) is 131 cm³/mol. The first-order chi connectivity index (χ1) is 14.2. The largest absolute Gasteiger partial charge is 0.454 e. The highest BCUT2D eigenvalue weighted by molar-refractivity contribution is 14.0. The molecular formula is C21H30IN5O2S. The number of thiazole rings is 1. The number of guanidine groups is 1. The number of aliphatic imine (C=N–C) groups is 1. The second-order valence-corrected chi connectivity index (χ2v) is 8.62. The van der Waals surface area contributed by atoms with E-state index in [1.54, 1.807) is 11.3 Å². The van der Waals surface area contributed by atoms with Gasteiger partial charge in [0.2, 0.25) is 6.79 Å². The van der Waals surface area contributed by atoms with E-state index in [2.05, 4.69) is 46.1 Å². The highest BCUT2D eigenvalue weighted by atomic mass is 127. The summed E-state index contributed by atoms with van der Waals surface area (Å²) in [5.41, 5.74) is 1.27. The first-order valence-corrected chi connectivity index (χ1v) is 11.1. The first-order valence-electron chi connectivity index (χ1n) is 10.3. The number of aryl methyl sites for hydroxylation is 1. The van der Waals surface area contributed by atoms with Crippen molar-refractivity contribution in [2.45, 2.75) is 26.8 Å². The molecule has 4 rings (SSSR count). The Labute approximate surface area is 199 Å². The molecule has 0 spiro atoms. The van der Waals surface area contributed by atoms with Gasteiger partial charge in [0.05, 0.1) is 5.01 Å². The highest BCUT2D eigenvalue weighted by Gasteiger charge is 2.21. The zero-order chi connectivity index (χ0) is 20.1. The van der Waals surface area contributed by atoms with Crippen LogP contribution in [0.4, 0.5) is 0 Å². The van der Waals surface area contributed by atoms with Gasteiger partial charge in [0.15, 0.2) is 17.5 Å². The van der Waals surface area contributed by atoms with Crippen LogP contribution in [0.5, 0.6) is 11.5 Å². The molecule has 0 atom stereocenters. The number of ether oxygens (including phenoxy) is 2. The van der Waals surface area contributed by atoms with Crippen molar-refractivity contribution in [1.29, 1.82) is 0 Å². The molecule has 2 aliphatic rings. The third-order valence-electron chi connectivity index (χ3n) is 5.11. The zero-order valence-electron chi connectivity index (χ0n) is 17.6. The van der Waals surface area contributed by atoms with Gasteiger partial charge in [-0.05, 0) is 31.5 Å². The summed E-state index contributed by atoms with van der Waals surface area (Å²) in [6.45, 7) is 11.1. The Bertz CT molecular complexity index is 852. The van der Waals surface area contributed by atoms with Crippen LogP contribution in [0.25, 0.3) is 0 Å². The number of halogens is 1. The van der Waals surface area contributed by atoms with E-state index in [0.717, 1.165) is 74.7 Å². The van der Waals surface area contributed by atoms with Gasteiger partial charge in [-0.2, -0.15) is 0 Å². The molecular weight excluding hydrogens is 513 g/mol. The lowest BCUT2D eigenvalue weighted by Crippen LogP contribution is -2.52. The van der Waals surface area contributed by atoms with Crippen LogP contribution in [0, 0.1) is 6.92 Å². The average molecular weight is 543 g/mol. The Morgan fingerprint density at radius 3 is 2.73 bits per heavy atom. The van der Waals surface area contributed by atoms with Gasteiger partial charge in [-0.1, -0.05) is 6.07 Å². The molecule has 2 aliphatic heterocycles. The fourth-order valence-electron chi connectivity index (χ4n) is 3.62. The number of nitrogens with one attached hydrogen (secondary N) is 1. The average Bonchev–Trinajstić information content (AvgIpc) is 3.36. The van der Waals surface area contributed by atoms with Crippen molar-refractivity contribution in [2.24, 2.45) is 4.99 Å². The van der Waals surface area contributed by atoms with Crippen LogP contribution >= 0.6 is 35.3 Å². The standard InChI is InChI=1S/C21H29N5O2S.HI/c1-3-22-21(23-7-6-20-24-13-16(2)29-20)26-10-8-25(9-11-26)14-17-4-5-18-19(12-17)28-15-27-18;/h4-5,12-13H,3,6-11,14-15H2,1-2H3,(H,22,23);1H. The minimum absolute atomic E-state index is 0. The lowest BCUT2D eigenvalue weighted by atomic mass is 10.1. The van der Waals surface area contributed by atoms with E-state index in [9.17, 15) is 0 Å². The molecule has 0 bridgehead atoms. The molecule has 9 heteroatoms. The van der Waals surface area contributed by atoms with Crippen LogP contribution < -0.4 is 14.8 Å². The number of hydrogen-bond donors (Lipinski definition) is 1. The van der Waals surface area contributed by atoms with Crippen LogP contribution in [0.2, 0.25) is 0 Å². The minimum atomic E-state index is 0. The summed E-state index contributed by atoms with van der Waals surface area (Å²) >= 11 is 1.76. The molecule has 164 valence electrons. The third kappa shape index (κ3) is 5.98. The Morgan fingerprint density at radius 2 is 2.00 bits per heavy atom. The molecule has 30 heavy (non-hydrogen) atoms. The van der Waals surface area contributed by atoms with Crippen LogP contribution in [0.1, 0.15) is 22.4 Å². The van der Waals surface area contributed by atoms with Gasteiger partial charge in [0.25, 0.3) is 0 Å². The Morgan fingerprint density at radius 1 is 1.20 bits per heavy atom. The summed E-state index contributed by atoms with van der Waals surface area (Å²) in [6.07, 6.45) is 2.84. The molecule has 0 unspecified atom stereocenters. The van der Waals surface area contributed by atoms with Crippen molar-refractivity contribution in [1.82, 2.24) is 20.1 Å². The van der Waals surface area contributed by atoms with Gasteiger partial charge < -0.3 is 19.7 Å². The fourth-order valence-corrected chi connectivity index (χ4v) is 4.39. The van der Waals surface area contributed by atoms with E-state index >= 15 is 0 Å². The number of hydrogen-bond acceptors (Lipinski definition) is 6. The van der Waals surface area contributed by atoms with Crippen molar-refractivity contribution < 1.29 is 9.47 Å². The molecule has 0 radical (unpaired) electrons. The second kappa shape index (κ2) is 11.1. The van der Waals surface area contributed by atoms with Crippen LogP contribution in [0.15, 0.2) is 29.4 Å². The molecule has 1 N–H and O–H groups in total.